The summed E-state index contributed by atoms with van der Waals surface area (Å²) in [5.41, 5.74) is 3.10. The van der Waals surface area contributed by atoms with Crippen molar-refractivity contribution in [3.8, 4) is 5.75 Å². The fraction of sp³-hybridized carbons (Fsp3) is 0.364. The number of carbonyl (C=O) groups excluding carboxylic acids is 2. The molecular weight excluding hydrogens is 342 g/mol. The first-order valence-corrected chi connectivity index (χ1v) is 8.97. The summed E-state index contributed by atoms with van der Waals surface area (Å²) >= 11 is 0. The number of ether oxygens (including phenoxy) is 2. The quantitative estimate of drug-likeness (QED) is 0.670. The predicted octanol–water partition coefficient (Wildman–Crippen LogP) is 3.38. The minimum absolute atomic E-state index is 0.0310. The van der Waals surface area contributed by atoms with Crippen molar-refractivity contribution in [2.45, 2.75) is 26.8 Å². The Morgan fingerprint density at radius 2 is 1.56 bits per heavy atom. The summed E-state index contributed by atoms with van der Waals surface area (Å²) < 4.78 is 9.97. The van der Waals surface area contributed by atoms with Gasteiger partial charge in [-0.2, -0.15) is 0 Å². The van der Waals surface area contributed by atoms with Crippen LogP contribution in [0, 0.1) is 12.8 Å². The average molecular weight is 369 g/mol. The van der Waals surface area contributed by atoms with Crippen molar-refractivity contribution in [1.29, 1.82) is 0 Å². The fourth-order valence-corrected chi connectivity index (χ4v) is 2.80. The van der Waals surface area contributed by atoms with Gasteiger partial charge in [-0.3, -0.25) is 9.59 Å². The summed E-state index contributed by atoms with van der Waals surface area (Å²) in [4.78, 5) is 26.5. The van der Waals surface area contributed by atoms with Crippen LogP contribution >= 0.6 is 0 Å². The summed E-state index contributed by atoms with van der Waals surface area (Å²) in [6.45, 7) is 4.57. The molecule has 0 bridgehead atoms. The van der Waals surface area contributed by atoms with E-state index >= 15 is 0 Å². The highest BCUT2D eigenvalue weighted by molar-refractivity contribution is 5.80. The van der Waals surface area contributed by atoms with Crippen LogP contribution in [0.5, 0.6) is 5.75 Å². The molecule has 0 saturated heterocycles. The van der Waals surface area contributed by atoms with Gasteiger partial charge in [-0.05, 0) is 30.2 Å². The van der Waals surface area contributed by atoms with Gasteiger partial charge in [-0.25, -0.2) is 0 Å². The molecule has 0 N–H and O–H groups in total. The Balaban J connectivity index is 2.14. The van der Waals surface area contributed by atoms with E-state index in [4.69, 9.17) is 9.47 Å². The molecule has 5 nitrogen and oxygen atoms in total. The van der Waals surface area contributed by atoms with E-state index in [1.54, 1.807) is 18.9 Å². The predicted molar refractivity (Wildman–Crippen MR) is 104 cm³/mol. The van der Waals surface area contributed by atoms with Crippen molar-refractivity contribution < 1.29 is 19.1 Å². The van der Waals surface area contributed by atoms with Crippen molar-refractivity contribution in [3.05, 3.63) is 65.2 Å². The number of carbonyl (C=O) groups is 2. The van der Waals surface area contributed by atoms with E-state index < -0.39 is 0 Å². The summed E-state index contributed by atoms with van der Waals surface area (Å²) in [7, 11) is 2.97. The van der Waals surface area contributed by atoms with Crippen LogP contribution in [0.4, 0.5) is 0 Å². The number of nitrogens with zero attached hydrogens (tertiary/aromatic N) is 1. The Morgan fingerprint density at radius 3 is 2.11 bits per heavy atom. The molecule has 1 amide bonds. The SMILES string of the molecule is COC(=O)C(C)CN(Cc1ccc(C)cc1)C(=O)Cc1ccc(OC)cc1. The molecule has 27 heavy (non-hydrogen) atoms. The molecule has 2 rings (SSSR count). The first-order valence-electron chi connectivity index (χ1n) is 8.97. The van der Waals surface area contributed by atoms with E-state index in [2.05, 4.69) is 0 Å². The average Bonchev–Trinajstić information content (AvgIpc) is 2.68. The third-order valence-electron chi connectivity index (χ3n) is 4.46. The summed E-state index contributed by atoms with van der Waals surface area (Å²) in [5, 5.41) is 0. The van der Waals surface area contributed by atoms with Gasteiger partial charge in [0, 0.05) is 13.1 Å². The topological polar surface area (TPSA) is 55.8 Å². The first kappa shape index (κ1) is 20.5. The van der Waals surface area contributed by atoms with Crippen molar-refractivity contribution >= 4 is 11.9 Å². The Hall–Kier alpha value is -2.82. The van der Waals surface area contributed by atoms with Gasteiger partial charge < -0.3 is 14.4 Å². The summed E-state index contributed by atoms with van der Waals surface area (Å²) in [6.07, 6.45) is 0.268. The Kier molecular flexibility index (Phi) is 7.41. The molecule has 0 radical (unpaired) electrons. The zero-order chi connectivity index (χ0) is 19.8. The van der Waals surface area contributed by atoms with Crippen LogP contribution in [0.25, 0.3) is 0 Å². The molecule has 2 aromatic rings. The zero-order valence-electron chi connectivity index (χ0n) is 16.4. The number of aryl methyl sites for hydroxylation is 1. The lowest BCUT2D eigenvalue weighted by molar-refractivity contribution is -0.146. The van der Waals surface area contributed by atoms with Crippen molar-refractivity contribution in [3.63, 3.8) is 0 Å². The molecule has 1 atom stereocenters. The number of hydrogen-bond donors (Lipinski definition) is 0. The van der Waals surface area contributed by atoms with Crippen LogP contribution in [-0.4, -0.2) is 37.5 Å². The van der Waals surface area contributed by atoms with Gasteiger partial charge in [0.05, 0.1) is 26.6 Å². The van der Waals surface area contributed by atoms with E-state index in [9.17, 15) is 9.59 Å². The maximum Gasteiger partial charge on any atom is 0.310 e. The van der Waals surface area contributed by atoms with Crippen LogP contribution < -0.4 is 4.74 Å². The molecule has 0 aliphatic heterocycles. The van der Waals surface area contributed by atoms with Crippen molar-refractivity contribution in [2.24, 2.45) is 5.92 Å². The number of rotatable bonds is 8. The van der Waals surface area contributed by atoms with Gasteiger partial charge in [0.25, 0.3) is 0 Å². The van der Waals surface area contributed by atoms with Crippen LogP contribution in [-0.2, 0) is 27.3 Å². The third kappa shape index (κ3) is 6.13. The fourth-order valence-electron chi connectivity index (χ4n) is 2.80. The van der Waals surface area contributed by atoms with Gasteiger partial charge in [-0.15, -0.1) is 0 Å². The minimum atomic E-state index is -0.389. The van der Waals surface area contributed by atoms with Crippen molar-refractivity contribution in [1.82, 2.24) is 4.90 Å². The van der Waals surface area contributed by atoms with E-state index in [0.29, 0.717) is 13.1 Å². The molecule has 0 spiro atoms. The standard InChI is InChI=1S/C22H27NO4/c1-16-5-7-19(8-6-16)15-23(14-17(2)22(25)27-4)21(24)13-18-9-11-20(26-3)12-10-18/h5-12,17H,13-15H2,1-4H3. The van der Waals surface area contributed by atoms with E-state index in [1.165, 1.54) is 7.11 Å². The van der Waals surface area contributed by atoms with Crippen LogP contribution in [0.1, 0.15) is 23.6 Å². The van der Waals surface area contributed by atoms with Gasteiger partial charge in [0.2, 0.25) is 5.91 Å². The highest BCUT2D eigenvalue weighted by Crippen LogP contribution is 2.15. The molecule has 0 aromatic heterocycles. The van der Waals surface area contributed by atoms with Crippen LogP contribution in [0.3, 0.4) is 0 Å². The van der Waals surface area contributed by atoms with Gasteiger partial charge in [0.1, 0.15) is 5.75 Å². The molecule has 0 heterocycles. The van der Waals surface area contributed by atoms with Gasteiger partial charge in [-0.1, -0.05) is 48.9 Å². The molecule has 0 saturated carbocycles. The number of methoxy groups -OCH3 is 2. The maximum atomic E-state index is 12.9. The highest BCUT2D eigenvalue weighted by atomic mass is 16.5. The van der Waals surface area contributed by atoms with Crippen LogP contribution in [0.2, 0.25) is 0 Å². The Morgan fingerprint density at radius 1 is 0.963 bits per heavy atom. The molecular formula is C22H27NO4. The number of benzene rings is 2. The normalized spacial score (nSPS) is 11.6. The Bertz CT molecular complexity index is 753. The minimum Gasteiger partial charge on any atom is -0.497 e. The zero-order valence-corrected chi connectivity index (χ0v) is 16.4. The Labute approximate surface area is 160 Å². The molecule has 0 aliphatic carbocycles. The van der Waals surface area contributed by atoms with Gasteiger partial charge in [0.15, 0.2) is 0 Å². The molecule has 144 valence electrons. The van der Waals surface area contributed by atoms with Gasteiger partial charge >= 0.3 is 5.97 Å². The lowest BCUT2D eigenvalue weighted by Gasteiger charge is -2.25. The van der Waals surface area contributed by atoms with Crippen LogP contribution in [0.15, 0.2) is 48.5 Å². The number of hydrogen-bond acceptors (Lipinski definition) is 4. The second kappa shape index (κ2) is 9.76. The molecule has 5 heteroatoms. The smallest absolute Gasteiger partial charge is 0.310 e. The monoisotopic (exact) mass is 369 g/mol. The van der Waals surface area contributed by atoms with E-state index in [-0.39, 0.29) is 24.2 Å². The second-order valence-corrected chi connectivity index (χ2v) is 6.71. The summed E-state index contributed by atoms with van der Waals surface area (Å²) in [6, 6.07) is 15.5. The van der Waals surface area contributed by atoms with E-state index in [0.717, 1.165) is 22.4 Å². The lowest BCUT2D eigenvalue weighted by Crippen LogP contribution is -2.37. The molecule has 2 aromatic carbocycles. The summed E-state index contributed by atoms with van der Waals surface area (Å²) in [5.74, 6) is 0.0138. The van der Waals surface area contributed by atoms with E-state index in [1.807, 2.05) is 55.5 Å². The molecule has 1 unspecified atom stereocenters. The number of esters is 1. The van der Waals surface area contributed by atoms with Crippen molar-refractivity contribution in [2.75, 3.05) is 20.8 Å². The third-order valence-corrected chi connectivity index (χ3v) is 4.46. The number of amides is 1. The largest absolute Gasteiger partial charge is 0.497 e. The lowest BCUT2D eigenvalue weighted by atomic mass is 10.1. The maximum absolute atomic E-state index is 12.9. The molecule has 0 aliphatic rings. The highest BCUT2D eigenvalue weighted by Gasteiger charge is 2.22. The molecule has 0 fully saturated rings. The second-order valence-electron chi connectivity index (χ2n) is 6.71. The first-order chi connectivity index (χ1) is 12.9.